The van der Waals surface area contributed by atoms with Crippen molar-refractivity contribution < 1.29 is 14.3 Å². The minimum absolute atomic E-state index is 0.0690. The van der Waals surface area contributed by atoms with Crippen LogP contribution in [0.4, 0.5) is 0 Å². The first-order chi connectivity index (χ1) is 12.8. The second kappa shape index (κ2) is 7.81. The average Bonchev–Trinajstić information content (AvgIpc) is 2.72. The van der Waals surface area contributed by atoms with Gasteiger partial charge in [-0.15, -0.1) is 0 Å². The van der Waals surface area contributed by atoms with E-state index >= 15 is 0 Å². The van der Waals surface area contributed by atoms with Crippen LogP contribution in [0.25, 0.3) is 0 Å². The summed E-state index contributed by atoms with van der Waals surface area (Å²) in [6, 6.07) is 15.8. The number of carbonyl (C=O) groups excluding carboxylic acids is 1. The van der Waals surface area contributed by atoms with Gasteiger partial charge >= 0.3 is 0 Å². The van der Waals surface area contributed by atoms with E-state index in [9.17, 15) is 4.79 Å². The minimum atomic E-state index is 0.0690. The summed E-state index contributed by atoms with van der Waals surface area (Å²) >= 11 is 0. The summed E-state index contributed by atoms with van der Waals surface area (Å²) in [5.74, 6) is 1.81. The van der Waals surface area contributed by atoms with Crippen LogP contribution >= 0.6 is 0 Å². The number of para-hydroxylation sites is 2. The Morgan fingerprint density at radius 3 is 2.46 bits per heavy atom. The van der Waals surface area contributed by atoms with Crippen molar-refractivity contribution in [2.75, 3.05) is 19.7 Å². The van der Waals surface area contributed by atoms with Crippen LogP contribution in [0.2, 0.25) is 0 Å². The average molecular weight is 351 g/mol. The van der Waals surface area contributed by atoms with E-state index in [0.717, 1.165) is 55.8 Å². The molecule has 1 unspecified atom stereocenters. The third-order valence-electron chi connectivity index (χ3n) is 5.17. The number of aryl methyl sites for hydroxylation is 1. The molecule has 0 saturated carbocycles. The smallest absolute Gasteiger partial charge is 0.253 e. The number of piperidine rings is 1. The number of hydrogen-bond donors (Lipinski definition) is 0. The van der Waals surface area contributed by atoms with E-state index in [0.29, 0.717) is 6.61 Å². The summed E-state index contributed by atoms with van der Waals surface area (Å²) < 4.78 is 11.8. The van der Waals surface area contributed by atoms with Crippen LogP contribution in [0.3, 0.4) is 0 Å². The summed E-state index contributed by atoms with van der Waals surface area (Å²) in [6.07, 6.45) is 5.36. The van der Waals surface area contributed by atoms with Gasteiger partial charge in [0, 0.05) is 18.7 Å². The van der Waals surface area contributed by atoms with Crippen LogP contribution in [-0.4, -0.2) is 36.6 Å². The molecule has 26 heavy (non-hydrogen) atoms. The number of likely N-dealkylation sites (tertiary alicyclic amines) is 1. The maximum absolute atomic E-state index is 12.5. The van der Waals surface area contributed by atoms with Gasteiger partial charge in [-0.2, -0.15) is 0 Å². The van der Waals surface area contributed by atoms with Crippen molar-refractivity contribution in [2.24, 2.45) is 0 Å². The van der Waals surface area contributed by atoms with Gasteiger partial charge in [0.25, 0.3) is 5.91 Å². The fourth-order valence-corrected chi connectivity index (χ4v) is 3.63. The largest absolute Gasteiger partial charge is 0.486 e. The highest BCUT2D eigenvalue weighted by Crippen LogP contribution is 2.31. The van der Waals surface area contributed by atoms with Gasteiger partial charge in [0.05, 0.1) is 0 Å². The molecule has 0 aromatic heterocycles. The van der Waals surface area contributed by atoms with Crippen LogP contribution in [0.5, 0.6) is 11.5 Å². The number of amides is 1. The first-order valence-corrected chi connectivity index (χ1v) is 9.56. The van der Waals surface area contributed by atoms with Crippen LogP contribution in [-0.2, 0) is 6.42 Å². The number of rotatable bonds is 4. The summed E-state index contributed by atoms with van der Waals surface area (Å²) in [5.41, 5.74) is 2.02. The predicted octanol–water partition coefficient (Wildman–Crippen LogP) is 4.09. The highest BCUT2D eigenvalue weighted by atomic mass is 16.6. The van der Waals surface area contributed by atoms with Gasteiger partial charge in [0.15, 0.2) is 11.5 Å². The van der Waals surface area contributed by atoms with E-state index in [1.807, 2.05) is 41.3 Å². The zero-order chi connectivity index (χ0) is 17.8. The van der Waals surface area contributed by atoms with E-state index < -0.39 is 0 Å². The zero-order valence-corrected chi connectivity index (χ0v) is 15.0. The Bertz CT molecular complexity index is 750. The number of benzene rings is 2. The molecule has 4 rings (SSSR count). The van der Waals surface area contributed by atoms with Crippen molar-refractivity contribution >= 4 is 5.91 Å². The molecule has 0 radical (unpaired) electrons. The van der Waals surface area contributed by atoms with Crippen LogP contribution in [0.15, 0.2) is 48.5 Å². The van der Waals surface area contributed by atoms with Gasteiger partial charge in [-0.05, 0) is 61.9 Å². The molecular weight excluding hydrogens is 326 g/mol. The van der Waals surface area contributed by atoms with Crippen molar-refractivity contribution in [3.05, 3.63) is 59.7 Å². The zero-order valence-electron chi connectivity index (χ0n) is 15.0. The molecule has 0 N–H and O–H groups in total. The van der Waals surface area contributed by atoms with Gasteiger partial charge in [-0.3, -0.25) is 4.79 Å². The lowest BCUT2D eigenvalue weighted by atomic mass is 10.0. The van der Waals surface area contributed by atoms with E-state index in [4.69, 9.17) is 9.47 Å². The number of hydrogen-bond acceptors (Lipinski definition) is 3. The fourth-order valence-electron chi connectivity index (χ4n) is 3.63. The maximum Gasteiger partial charge on any atom is 0.253 e. The maximum atomic E-state index is 12.5. The van der Waals surface area contributed by atoms with Crippen molar-refractivity contribution in [1.82, 2.24) is 4.90 Å². The Kier molecular flexibility index (Phi) is 5.09. The quantitative estimate of drug-likeness (QED) is 0.833. The monoisotopic (exact) mass is 351 g/mol. The molecule has 2 aromatic carbocycles. The molecule has 136 valence electrons. The summed E-state index contributed by atoms with van der Waals surface area (Å²) in [6.45, 7) is 2.37. The van der Waals surface area contributed by atoms with Gasteiger partial charge in [-0.1, -0.05) is 24.3 Å². The molecule has 2 aromatic rings. The highest BCUT2D eigenvalue weighted by Gasteiger charge is 2.21. The SMILES string of the molecule is O=C(c1ccc(CCC2COc3ccccc3O2)cc1)N1CCCCC1. The van der Waals surface area contributed by atoms with Crippen molar-refractivity contribution in [3.8, 4) is 11.5 Å². The molecule has 4 heteroatoms. The van der Waals surface area contributed by atoms with Crippen molar-refractivity contribution in [1.29, 1.82) is 0 Å². The van der Waals surface area contributed by atoms with Crippen LogP contribution in [0.1, 0.15) is 41.6 Å². The van der Waals surface area contributed by atoms with Crippen molar-refractivity contribution in [3.63, 3.8) is 0 Å². The Balaban J connectivity index is 1.31. The first-order valence-electron chi connectivity index (χ1n) is 9.56. The fraction of sp³-hybridized carbons (Fsp3) is 0.409. The summed E-state index contributed by atoms with van der Waals surface area (Å²) in [5, 5.41) is 0. The minimum Gasteiger partial charge on any atom is -0.486 e. The highest BCUT2D eigenvalue weighted by molar-refractivity contribution is 5.94. The Labute approximate surface area is 154 Å². The predicted molar refractivity (Wildman–Crippen MR) is 101 cm³/mol. The van der Waals surface area contributed by atoms with Crippen LogP contribution in [0, 0.1) is 0 Å². The normalized spacial score (nSPS) is 19.2. The molecule has 1 amide bonds. The lowest BCUT2D eigenvalue weighted by molar-refractivity contribution is 0.0724. The molecular formula is C22H25NO3. The van der Waals surface area contributed by atoms with Crippen LogP contribution < -0.4 is 9.47 Å². The van der Waals surface area contributed by atoms with E-state index in [-0.39, 0.29) is 12.0 Å². The standard InChI is InChI=1S/C22H25NO3/c24-22(23-14-4-1-5-15-23)18-11-8-17(9-12-18)10-13-19-16-25-20-6-2-3-7-21(20)26-19/h2-3,6-9,11-12,19H,1,4-5,10,13-16H2. The molecule has 4 nitrogen and oxygen atoms in total. The number of carbonyl (C=O) groups is 1. The third-order valence-corrected chi connectivity index (χ3v) is 5.17. The second-order valence-electron chi connectivity index (χ2n) is 7.09. The number of fused-ring (bicyclic) bond motifs is 1. The Morgan fingerprint density at radius 2 is 1.69 bits per heavy atom. The molecule has 0 spiro atoms. The van der Waals surface area contributed by atoms with E-state index in [2.05, 4.69) is 12.1 Å². The van der Waals surface area contributed by atoms with Crippen molar-refractivity contribution in [2.45, 2.75) is 38.2 Å². The van der Waals surface area contributed by atoms with E-state index in [1.54, 1.807) is 0 Å². The Morgan fingerprint density at radius 1 is 0.962 bits per heavy atom. The molecule has 1 atom stereocenters. The topological polar surface area (TPSA) is 38.8 Å². The molecule has 1 fully saturated rings. The Hall–Kier alpha value is -2.49. The third kappa shape index (κ3) is 3.85. The molecule has 2 aliphatic heterocycles. The lowest BCUT2D eigenvalue weighted by Crippen LogP contribution is -2.35. The van der Waals surface area contributed by atoms with E-state index in [1.165, 1.54) is 12.0 Å². The van der Waals surface area contributed by atoms with Gasteiger partial charge < -0.3 is 14.4 Å². The molecule has 0 aliphatic carbocycles. The molecule has 2 heterocycles. The first kappa shape index (κ1) is 17.0. The number of nitrogens with zero attached hydrogens (tertiary/aromatic N) is 1. The van der Waals surface area contributed by atoms with Gasteiger partial charge in [0.1, 0.15) is 12.7 Å². The molecule has 0 bridgehead atoms. The second-order valence-corrected chi connectivity index (χ2v) is 7.09. The summed E-state index contributed by atoms with van der Waals surface area (Å²) in [7, 11) is 0. The molecule has 2 aliphatic rings. The molecule has 1 saturated heterocycles. The van der Waals surface area contributed by atoms with Gasteiger partial charge in [-0.25, -0.2) is 0 Å². The number of ether oxygens (including phenoxy) is 2. The van der Waals surface area contributed by atoms with Gasteiger partial charge in [0.2, 0.25) is 0 Å². The lowest BCUT2D eigenvalue weighted by Gasteiger charge is -2.27. The summed E-state index contributed by atoms with van der Waals surface area (Å²) in [4.78, 5) is 14.5.